The highest BCUT2D eigenvalue weighted by Gasteiger charge is 2.16. The van der Waals surface area contributed by atoms with Crippen molar-refractivity contribution in [3.63, 3.8) is 0 Å². The normalized spacial score (nSPS) is 11.4. The molecule has 29 heavy (non-hydrogen) atoms. The molecule has 0 saturated heterocycles. The zero-order valence-corrected chi connectivity index (χ0v) is 18.1. The monoisotopic (exact) mass is 422 g/mol. The zero-order valence-electron chi connectivity index (χ0n) is 17.3. The van der Waals surface area contributed by atoms with E-state index in [1.165, 1.54) is 0 Å². The minimum absolute atomic E-state index is 0.269. The Kier molecular flexibility index (Phi) is 8.27. The van der Waals surface area contributed by atoms with E-state index >= 15 is 0 Å². The molecule has 2 aromatic rings. The average Bonchev–Trinajstić information content (AvgIpc) is 2.73. The number of urea groups is 1. The van der Waals surface area contributed by atoms with Gasteiger partial charge in [0.2, 0.25) is 0 Å². The number of hydrogen-bond donors (Lipinski definition) is 2. The van der Waals surface area contributed by atoms with Crippen LogP contribution >= 0.6 is 11.6 Å². The maximum Gasteiger partial charge on any atom is 0.315 e. The number of carbonyl (C=O) groups excluding carboxylic acids is 1. The summed E-state index contributed by atoms with van der Waals surface area (Å²) in [6.07, 6.45) is 0. The van der Waals surface area contributed by atoms with Crippen molar-refractivity contribution in [3.05, 3.63) is 46.5 Å². The van der Waals surface area contributed by atoms with E-state index in [4.69, 9.17) is 30.5 Å². The van der Waals surface area contributed by atoms with Gasteiger partial charge in [0, 0.05) is 18.2 Å². The molecule has 1 atom stereocenters. The van der Waals surface area contributed by atoms with E-state index in [0.717, 1.165) is 11.1 Å². The molecule has 7 nitrogen and oxygen atoms in total. The first-order valence-corrected chi connectivity index (χ1v) is 9.56. The molecule has 0 heterocycles. The van der Waals surface area contributed by atoms with Gasteiger partial charge in [0.05, 0.1) is 39.0 Å². The third-order valence-electron chi connectivity index (χ3n) is 4.29. The van der Waals surface area contributed by atoms with E-state index in [1.807, 2.05) is 26.0 Å². The fraction of sp³-hybridized carbons (Fsp3) is 0.381. The number of carbonyl (C=O) groups is 1. The van der Waals surface area contributed by atoms with Gasteiger partial charge >= 0.3 is 6.03 Å². The second-order valence-corrected chi connectivity index (χ2v) is 6.61. The van der Waals surface area contributed by atoms with Crippen molar-refractivity contribution in [3.8, 4) is 23.0 Å². The van der Waals surface area contributed by atoms with E-state index in [-0.39, 0.29) is 18.6 Å². The third kappa shape index (κ3) is 5.84. The van der Waals surface area contributed by atoms with Crippen molar-refractivity contribution < 1.29 is 23.7 Å². The van der Waals surface area contributed by atoms with Crippen LogP contribution in [0.1, 0.15) is 31.0 Å². The lowest BCUT2D eigenvalue weighted by atomic mass is 10.1. The molecule has 1 unspecified atom stereocenters. The second-order valence-electron chi connectivity index (χ2n) is 6.20. The second kappa shape index (κ2) is 10.7. The molecule has 2 N–H and O–H groups in total. The maximum absolute atomic E-state index is 12.4. The quantitative estimate of drug-likeness (QED) is 0.629. The molecule has 158 valence electrons. The highest BCUT2D eigenvalue weighted by atomic mass is 35.5. The zero-order chi connectivity index (χ0) is 21.4. The first-order chi connectivity index (χ1) is 13.9. The van der Waals surface area contributed by atoms with Gasteiger partial charge < -0.3 is 29.6 Å². The molecule has 0 aliphatic heterocycles. The lowest BCUT2D eigenvalue weighted by Crippen LogP contribution is -2.36. The molecule has 0 aromatic heterocycles. The summed E-state index contributed by atoms with van der Waals surface area (Å²) >= 11 is 6.27. The van der Waals surface area contributed by atoms with Crippen LogP contribution in [-0.4, -0.2) is 34.0 Å². The molecule has 0 bridgehead atoms. The number of nitrogens with one attached hydrogen (secondary N) is 2. The Morgan fingerprint density at radius 2 is 1.79 bits per heavy atom. The van der Waals surface area contributed by atoms with E-state index in [1.54, 1.807) is 39.5 Å². The van der Waals surface area contributed by atoms with Gasteiger partial charge in [-0.25, -0.2) is 4.79 Å². The van der Waals surface area contributed by atoms with Crippen molar-refractivity contribution in [2.75, 3.05) is 27.9 Å². The van der Waals surface area contributed by atoms with Gasteiger partial charge in [-0.1, -0.05) is 11.6 Å². The smallest absolute Gasteiger partial charge is 0.315 e. The third-order valence-corrected chi connectivity index (χ3v) is 4.57. The SMILES string of the molecule is CCOc1c(Cl)cc(CNC(=O)NC(C)c2ccc(OC)cc2OC)cc1OC. The number of amides is 2. The van der Waals surface area contributed by atoms with Crippen molar-refractivity contribution >= 4 is 17.6 Å². The lowest BCUT2D eigenvalue weighted by molar-refractivity contribution is 0.237. The van der Waals surface area contributed by atoms with E-state index in [9.17, 15) is 4.79 Å². The number of benzene rings is 2. The molecule has 0 fully saturated rings. The summed E-state index contributed by atoms with van der Waals surface area (Å²) in [6, 6.07) is 8.40. The number of halogens is 1. The topological polar surface area (TPSA) is 78.1 Å². The minimum Gasteiger partial charge on any atom is -0.497 e. The Morgan fingerprint density at radius 3 is 2.41 bits per heavy atom. The highest BCUT2D eigenvalue weighted by molar-refractivity contribution is 6.32. The summed E-state index contributed by atoms with van der Waals surface area (Å²) in [7, 11) is 4.71. The molecular weight excluding hydrogens is 396 g/mol. The Morgan fingerprint density at radius 1 is 1.07 bits per heavy atom. The number of ether oxygens (including phenoxy) is 4. The van der Waals surface area contributed by atoms with Crippen LogP contribution in [0.2, 0.25) is 5.02 Å². The fourth-order valence-electron chi connectivity index (χ4n) is 2.84. The van der Waals surface area contributed by atoms with E-state index in [0.29, 0.717) is 34.6 Å². The molecule has 8 heteroatoms. The Bertz CT molecular complexity index is 844. The van der Waals surface area contributed by atoms with Crippen LogP contribution in [0.4, 0.5) is 4.79 Å². The summed E-state index contributed by atoms with van der Waals surface area (Å²) in [5.41, 5.74) is 1.63. The predicted molar refractivity (Wildman–Crippen MR) is 113 cm³/mol. The van der Waals surface area contributed by atoms with E-state index < -0.39 is 0 Å². The molecule has 0 saturated carbocycles. The summed E-state index contributed by atoms with van der Waals surface area (Å²) in [4.78, 5) is 12.4. The van der Waals surface area contributed by atoms with Gasteiger partial charge in [-0.05, 0) is 43.7 Å². The first-order valence-electron chi connectivity index (χ1n) is 9.18. The highest BCUT2D eigenvalue weighted by Crippen LogP contribution is 2.36. The van der Waals surface area contributed by atoms with Crippen LogP contribution in [0, 0.1) is 0 Å². The van der Waals surface area contributed by atoms with Gasteiger partial charge in [0.1, 0.15) is 11.5 Å². The van der Waals surface area contributed by atoms with Gasteiger partial charge in [0.25, 0.3) is 0 Å². The molecule has 2 amide bonds. The summed E-state index contributed by atoms with van der Waals surface area (Å²) in [5.74, 6) is 2.33. The van der Waals surface area contributed by atoms with Gasteiger partial charge in [-0.3, -0.25) is 0 Å². The number of rotatable bonds is 9. The van der Waals surface area contributed by atoms with Crippen LogP contribution in [0.25, 0.3) is 0 Å². The van der Waals surface area contributed by atoms with Crippen molar-refractivity contribution in [2.45, 2.75) is 26.4 Å². The molecule has 0 radical (unpaired) electrons. The maximum atomic E-state index is 12.4. The van der Waals surface area contributed by atoms with Gasteiger partial charge in [0.15, 0.2) is 11.5 Å². The van der Waals surface area contributed by atoms with Crippen molar-refractivity contribution in [1.82, 2.24) is 10.6 Å². The van der Waals surface area contributed by atoms with Gasteiger partial charge in [-0.15, -0.1) is 0 Å². The van der Waals surface area contributed by atoms with E-state index in [2.05, 4.69) is 10.6 Å². The number of methoxy groups -OCH3 is 3. The predicted octanol–water partition coefficient (Wildman–Crippen LogP) is 4.32. The van der Waals surface area contributed by atoms with Crippen LogP contribution in [0.3, 0.4) is 0 Å². The molecule has 0 aliphatic rings. The Balaban J connectivity index is 2.02. The Labute approximate surface area is 176 Å². The minimum atomic E-state index is -0.320. The van der Waals surface area contributed by atoms with Crippen LogP contribution in [0.15, 0.2) is 30.3 Å². The van der Waals surface area contributed by atoms with Crippen molar-refractivity contribution in [1.29, 1.82) is 0 Å². The van der Waals surface area contributed by atoms with Crippen molar-refractivity contribution in [2.24, 2.45) is 0 Å². The molecule has 0 spiro atoms. The average molecular weight is 423 g/mol. The molecule has 2 aromatic carbocycles. The summed E-state index contributed by atoms with van der Waals surface area (Å²) < 4.78 is 21.4. The van der Waals surface area contributed by atoms with Crippen LogP contribution in [0.5, 0.6) is 23.0 Å². The fourth-order valence-corrected chi connectivity index (χ4v) is 3.13. The summed E-state index contributed by atoms with van der Waals surface area (Å²) in [6.45, 7) is 4.50. The van der Waals surface area contributed by atoms with Gasteiger partial charge in [-0.2, -0.15) is 0 Å². The standard InChI is InChI=1S/C21H27ClN2O5/c1-6-29-20-17(22)9-14(10-19(20)28-5)12-23-21(25)24-13(2)16-8-7-15(26-3)11-18(16)27-4/h7-11,13H,6,12H2,1-5H3,(H2,23,24,25). The lowest BCUT2D eigenvalue weighted by Gasteiger charge is -2.19. The molecule has 0 aliphatic carbocycles. The largest absolute Gasteiger partial charge is 0.497 e. The first kappa shape index (κ1) is 22.5. The molecular formula is C21H27ClN2O5. The summed E-state index contributed by atoms with van der Waals surface area (Å²) in [5, 5.41) is 6.14. The Hall–Kier alpha value is -2.80. The van der Waals surface area contributed by atoms with Crippen LogP contribution < -0.4 is 29.6 Å². The molecule has 2 rings (SSSR count). The van der Waals surface area contributed by atoms with Crippen LogP contribution in [-0.2, 0) is 6.54 Å². The number of hydrogen-bond acceptors (Lipinski definition) is 5.